The standard InChI is InChI=1S/C18H19F2N3O2/c1-11-7-9-16(24)22(11)14-5-3-4-13(10-14)21-17(25)15-8-6-12(2)23(15)18(19)20/h3-6,8,10-11,18H,7,9H2,1-2H3,(H,21,25). The number of rotatable bonds is 4. The van der Waals surface area contributed by atoms with Gasteiger partial charge in [0.15, 0.2) is 0 Å². The van der Waals surface area contributed by atoms with E-state index < -0.39 is 12.5 Å². The van der Waals surface area contributed by atoms with Gasteiger partial charge in [0, 0.05) is 29.5 Å². The van der Waals surface area contributed by atoms with Crippen molar-refractivity contribution in [3.05, 3.63) is 47.8 Å². The van der Waals surface area contributed by atoms with Gasteiger partial charge in [-0.05, 0) is 50.6 Å². The Kier molecular flexibility index (Phi) is 4.57. The van der Waals surface area contributed by atoms with Gasteiger partial charge in [-0.1, -0.05) is 6.07 Å². The summed E-state index contributed by atoms with van der Waals surface area (Å²) in [4.78, 5) is 26.1. The van der Waals surface area contributed by atoms with Gasteiger partial charge in [0.25, 0.3) is 5.91 Å². The molecule has 0 aliphatic carbocycles. The van der Waals surface area contributed by atoms with Crippen LogP contribution in [0.4, 0.5) is 20.2 Å². The maximum absolute atomic E-state index is 13.1. The Bertz CT molecular complexity index is 816. The van der Waals surface area contributed by atoms with Gasteiger partial charge in [-0.2, -0.15) is 8.78 Å². The summed E-state index contributed by atoms with van der Waals surface area (Å²) in [5.41, 5.74) is 1.34. The zero-order valence-electron chi connectivity index (χ0n) is 14.0. The van der Waals surface area contributed by atoms with E-state index >= 15 is 0 Å². The van der Waals surface area contributed by atoms with E-state index in [9.17, 15) is 18.4 Å². The first kappa shape index (κ1) is 17.1. The SMILES string of the molecule is Cc1ccc(C(=O)Nc2cccc(N3C(=O)CCC3C)c2)n1C(F)F. The van der Waals surface area contributed by atoms with E-state index in [0.29, 0.717) is 28.1 Å². The fraction of sp³-hybridized carbons (Fsp3) is 0.333. The molecule has 132 valence electrons. The predicted molar refractivity (Wildman–Crippen MR) is 91.0 cm³/mol. The minimum atomic E-state index is -2.79. The van der Waals surface area contributed by atoms with Crippen LogP contribution in [0.5, 0.6) is 0 Å². The van der Waals surface area contributed by atoms with Crippen LogP contribution in [0, 0.1) is 6.92 Å². The van der Waals surface area contributed by atoms with Gasteiger partial charge in [0.1, 0.15) is 5.69 Å². The molecule has 1 saturated heterocycles. The summed E-state index contributed by atoms with van der Waals surface area (Å²) in [5.74, 6) is -0.579. The fourth-order valence-electron chi connectivity index (χ4n) is 3.15. The molecule has 1 aliphatic rings. The molecule has 2 heterocycles. The maximum Gasteiger partial charge on any atom is 0.319 e. The monoisotopic (exact) mass is 347 g/mol. The molecule has 0 spiro atoms. The molecule has 25 heavy (non-hydrogen) atoms. The van der Waals surface area contributed by atoms with Crippen molar-refractivity contribution in [2.24, 2.45) is 0 Å². The number of aromatic nitrogens is 1. The minimum absolute atomic E-state index is 0.0400. The molecular formula is C18H19F2N3O2. The van der Waals surface area contributed by atoms with Crippen molar-refractivity contribution in [3.63, 3.8) is 0 Å². The molecule has 1 aromatic carbocycles. The number of alkyl halides is 2. The number of amides is 2. The number of anilines is 2. The summed E-state index contributed by atoms with van der Waals surface area (Å²) in [6.07, 6.45) is 1.29. The second-order valence-corrected chi connectivity index (χ2v) is 6.16. The molecule has 1 aromatic heterocycles. The van der Waals surface area contributed by atoms with E-state index in [0.717, 1.165) is 6.42 Å². The van der Waals surface area contributed by atoms with Crippen LogP contribution in [0.2, 0.25) is 0 Å². The first-order chi connectivity index (χ1) is 11.9. The van der Waals surface area contributed by atoms with Crippen molar-refractivity contribution in [2.75, 3.05) is 10.2 Å². The number of nitrogens with one attached hydrogen (secondary N) is 1. The van der Waals surface area contributed by atoms with Gasteiger partial charge >= 0.3 is 6.55 Å². The second kappa shape index (κ2) is 6.66. The maximum atomic E-state index is 13.1. The quantitative estimate of drug-likeness (QED) is 0.910. The van der Waals surface area contributed by atoms with Crippen LogP contribution in [-0.4, -0.2) is 22.4 Å². The lowest BCUT2D eigenvalue weighted by atomic mass is 10.2. The average molecular weight is 347 g/mol. The van der Waals surface area contributed by atoms with Gasteiger partial charge in [0.2, 0.25) is 5.91 Å². The number of carbonyl (C=O) groups excluding carboxylic acids is 2. The fourth-order valence-corrected chi connectivity index (χ4v) is 3.15. The summed E-state index contributed by atoms with van der Waals surface area (Å²) in [6.45, 7) is 0.698. The number of hydrogen-bond acceptors (Lipinski definition) is 2. The second-order valence-electron chi connectivity index (χ2n) is 6.16. The van der Waals surface area contributed by atoms with Crippen LogP contribution in [0.3, 0.4) is 0 Å². The van der Waals surface area contributed by atoms with Crippen molar-refractivity contribution in [3.8, 4) is 0 Å². The lowest BCUT2D eigenvalue weighted by Gasteiger charge is -2.22. The topological polar surface area (TPSA) is 54.3 Å². The third-order valence-corrected chi connectivity index (χ3v) is 4.42. The third-order valence-electron chi connectivity index (χ3n) is 4.42. The van der Waals surface area contributed by atoms with E-state index in [4.69, 9.17) is 0 Å². The van der Waals surface area contributed by atoms with Crippen LogP contribution in [-0.2, 0) is 4.79 Å². The lowest BCUT2D eigenvalue weighted by molar-refractivity contribution is -0.117. The zero-order chi connectivity index (χ0) is 18.1. The first-order valence-corrected chi connectivity index (χ1v) is 8.08. The van der Waals surface area contributed by atoms with Gasteiger partial charge in [-0.25, -0.2) is 0 Å². The highest BCUT2D eigenvalue weighted by atomic mass is 19.3. The summed E-state index contributed by atoms with van der Waals surface area (Å²) < 4.78 is 26.9. The van der Waals surface area contributed by atoms with Crippen LogP contribution in [0.1, 0.15) is 42.5 Å². The predicted octanol–water partition coefficient (Wildman–Crippen LogP) is 3.96. The molecule has 2 aromatic rings. The Labute approximate surface area is 144 Å². The van der Waals surface area contributed by atoms with Crippen molar-refractivity contribution in [2.45, 2.75) is 39.3 Å². The molecule has 1 unspecified atom stereocenters. The number of carbonyl (C=O) groups is 2. The largest absolute Gasteiger partial charge is 0.321 e. The zero-order valence-corrected chi connectivity index (χ0v) is 14.0. The number of halogens is 2. The Morgan fingerprint density at radius 1 is 1.28 bits per heavy atom. The van der Waals surface area contributed by atoms with E-state index in [1.54, 1.807) is 29.2 Å². The van der Waals surface area contributed by atoms with Crippen molar-refractivity contribution in [1.82, 2.24) is 4.57 Å². The third kappa shape index (κ3) is 3.26. The number of nitrogens with zero attached hydrogens (tertiary/aromatic N) is 2. The van der Waals surface area contributed by atoms with Crippen molar-refractivity contribution in [1.29, 1.82) is 0 Å². The molecule has 0 radical (unpaired) electrons. The smallest absolute Gasteiger partial charge is 0.319 e. The molecule has 1 N–H and O–H groups in total. The minimum Gasteiger partial charge on any atom is -0.321 e. The Balaban J connectivity index is 1.83. The van der Waals surface area contributed by atoms with Crippen LogP contribution in [0.15, 0.2) is 36.4 Å². The average Bonchev–Trinajstić information content (AvgIpc) is 3.10. The van der Waals surface area contributed by atoms with Gasteiger partial charge in [-0.3, -0.25) is 14.2 Å². The van der Waals surface area contributed by atoms with Crippen LogP contribution >= 0.6 is 0 Å². The van der Waals surface area contributed by atoms with Crippen molar-refractivity contribution >= 4 is 23.2 Å². The molecular weight excluding hydrogens is 328 g/mol. The Hall–Kier alpha value is -2.70. The molecule has 0 saturated carbocycles. The summed E-state index contributed by atoms with van der Waals surface area (Å²) in [5, 5.41) is 2.63. The van der Waals surface area contributed by atoms with E-state index in [1.165, 1.54) is 19.1 Å². The molecule has 3 rings (SSSR count). The Morgan fingerprint density at radius 2 is 2.04 bits per heavy atom. The highest BCUT2D eigenvalue weighted by Gasteiger charge is 2.29. The van der Waals surface area contributed by atoms with Crippen molar-refractivity contribution < 1.29 is 18.4 Å². The lowest BCUT2D eigenvalue weighted by Crippen LogP contribution is -2.30. The van der Waals surface area contributed by atoms with E-state index in [-0.39, 0.29) is 17.6 Å². The highest BCUT2D eigenvalue weighted by molar-refractivity contribution is 6.04. The molecule has 7 heteroatoms. The normalized spacial score (nSPS) is 17.4. The van der Waals surface area contributed by atoms with Gasteiger partial charge < -0.3 is 10.2 Å². The first-order valence-electron chi connectivity index (χ1n) is 8.08. The molecule has 2 amide bonds. The Morgan fingerprint density at radius 3 is 2.68 bits per heavy atom. The summed E-state index contributed by atoms with van der Waals surface area (Å²) >= 11 is 0. The number of aryl methyl sites for hydroxylation is 1. The molecule has 1 atom stereocenters. The number of hydrogen-bond donors (Lipinski definition) is 1. The van der Waals surface area contributed by atoms with Gasteiger partial charge in [0.05, 0.1) is 0 Å². The highest BCUT2D eigenvalue weighted by Crippen LogP contribution is 2.28. The van der Waals surface area contributed by atoms with Gasteiger partial charge in [-0.15, -0.1) is 0 Å². The van der Waals surface area contributed by atoms with Crippen LogP contribution < -0.4 is 10.2 Å². The van der Waals surface area contributed by atoms with E-state index in [1.807, 2.05) is 6.92 Å². The van der Waals surface area contributed by atoms with Crippen LogP contribution in [0.25, 0.3) is 0 Å². The summed E-state index contributed by atoms with van der Waals surface area (Å²) in [7, 11) is 0. The molecule has 0 bridgehead atoms. The molecule has 5 nitrogen and oxygen atoms in total. The summed E-state index contributed by atoms with van der Waals surface area (Å²) in [6, 6.07) is 9.80. The molecule has 1 aliphatic heterocycles. The molecule has 1 fully saturated rings. The van der Waals surface area contributed by atoms with E-state index in [2.05, 4.69) is 5.32 Å². The number of benzene rings is 1.